The van der Waals surface area contributed by atoms with Gasteiger partial charge in [0.25, 0.3) is 0 Å². The molecule has 0 N–H and O–H groups in total. The predicted molar refractivity (Wildman–Crippen MR) is 54.7 cm³/mol. The molecule has 0 saturated carbocycles. The van der Waals surface area contributed by atoms with Crippen LogP contribution in [0.3, 0.4) is 0 Å². The molecule has 0 fully saturated rings. The molecule has 0 aromatic carbocycles. The number of carbonyl (C=O) groups is 2. The van der Waals surface area contributed by atoms with Gasteiger partial charge in [-0.05, 0) is 25.0 Å². The number of esters is 1. The van der Waals surface area contributed by atoms with E-state index in [4.69, 9.17) is 0 Å². The van der Waals surface area contributed by atoms with Gasteiger partial charge in [0.05, 0.1) is 7.11 Å². The Balaban J connectivity index is 4.31. The molecular weight excluding hydrogens is 180 g/mol. The second kappa shape index (κ2) is 6.83. The zero-order valence-corrected chi connectivity index (χ0v) is 8.61. The third kappa shape index (κ3) is 5.94. The molecule has 0 rings (SSSR count). The molecule has 14 heavy (non-hydrogen) atoms. The summed E-state index contributed by atoms with van der Waals surface area (Å²) in [5.74, 6) is -0.386. The molecule has 0 aliphatic rings. The number of carbonyl (C=O) groups excluding carboxylic acids is 2. The van der Waals surface area contributed by atoms with E-state index in [1.807, 2.05) is 0 Å². The minimum Gasteiger partial charge on any atom is -0.466 e. The van der Waals surface area contributed by atoms with Crippen molar-refractivity contribution in [2.75, 3.05) is 7.11 Å². The van der Waals surface area contributed by atoms with Crippen molar-refractivity contribution in [2.24, 2.45) is 0 Å². The Hall–Kier alpha value is -1.64. The average Bonchev–Trinajstić information content (AvgIpc) is 2.17. The van der Waals surface area contributed by atoms with Crippen molar-refractivity contribution in [3.63, 3.8) is 0 Å². The van der Waals surface area contributed by atoms with Crippen LogP contribution in [0, 0.1) is 0 Å². The lowest BCUT2D eigenvalue weighted by Crippen LogP contribution is -1.94. The summed E-state index contributed by atoms with van der Waals surface area (Å²) in [6.07, 6.45) is 7.24. The average molecular weight is 194 g/mol. The van der Waals surface area contributed by atoms with Crippen molar-refractivity contribution in [3.05, 3.63) is 35.5 Å². The standard InChI is InChI=1S/C11H14O3/c1-9(7-11(13)14-3)5-4-6-10(2)8-12/h4-8H,1-3H3/b5-4+,9-7+,10-6+. The lowest BCUT2D eigenvalue weighted by atomic mass is 10.2. The van der Waals surface area contributed by atoms with Crippen molar-refractivity contribution in [3.8, 4) is 0 Å². The van der Waals surface area contributed by atoms with Crippen LogP contribution in [-0.2, 0) is 14.3 Å². The quantitative estimate of drug-likeness (QED) is 0.296. The first-order valence-electron chi connectivity index (χ1n) is 4.16. The van der Waals surface area contributed by atoms with Gasteiger partial charge in [0.1, 0.15) is 6.29 Å². The van der Waals surface area contributed by atoms with E-state index in [2.05, 4.69) is 4.74 Å². The lowest BCUT2D eigenvalue weighted by molar-refractivity contribution is -0.134. The van der Waals surface area contributed by atoms with Gasteiger partial charge in [-0.2, -0.15) is 0 Å². The second-order valence-electron chi connectivity index (χ2n) is 2.80. The number of hydrogen-bond donors (Lipinski definition) is 0. The molecule has 0 atom stereocenters. The Morgan fingerprint density at radius 2 is 1.86 bits per heavy atom. The van der Waals surface area contributed by atoms with Gasteiger partial charge in [-0.15, -0.1) is 0 Å². The number of ether oxygens (including phenoxy) is 1. The summed E-state index contributed by atoms with van der Waals surface area (Å²) in [5, 5.41) is 0. The van der Waals surface area contributed by atoms with E-state index in [1.54, 1.807) is 32.1 Å². The third-order valence-corrected chi connectivity index (χ3v) is 1.45. The molecule has 0 spiro atoms. The normalized spacial score (nSPS) is 13.1. The molecule has 0 unspecified atom stereocenters. The monoisotopic (exact) mass is 194 g/mol. The molecule has 0 saturated heterocycles. The van der Waals surface area contributed by atoms with Gasteiger partial charge < -0.3 is 4.74 Å². The molecule has 3 nitrogen and oxygen atoms in total. The largest absolute Gasteiger partial charge is 0.466 e. The Morgan fingerprint density at radius 1 is 1.21 bits per heavy atom. The van der Waals surface area contributed by atoms with Crippen LogP contribution in [0.25, 0.3) is 0 Å². The zero-order valence-electron chi connectivity index (χ0n) is 8.61. The van der Waals surface area contributed by atoms with Crippen molar-refractivity contribution < 1.29 is 14.3 Å². The smallest absolute Gasteiger partial charge is 0.330 e. The summed E-state index contributed by atoms with van der Waals surface area (Å²) >= 11 is 0. The second-order valence-corrected chi connectivity index (χ2v) is 2.80. The number of aldehydes is 1. The summed E-state index contributed by atoms with van der Waals surface area (Å²) < 4.78 is 4.45. The van der Waals surface area contributed by atoms with E-state index in [0.29, 0.717) is 5.57 Å². The first-order valence-corrected chi connectivity index (χ1v) is 4.16. The summed E-state index contributed by atoms with van der Waals surface area (Å²) in [7, 11) is 1.33. The van der Waals surface area contributed by atoms with Crippen LogP contribution >= 0.6 is 0 Å². The highest BCUT2D eigenvalue weighted by atomic mass is 16.5. The maximum Gasteiger partial charge on any atom is 0.330 e. The van der Waals surface area contributed by atoms with Crippen LogP contribution in [0.2, 0.25) is 0 Å². The Kier molecular flexibility index (Phi) is 6.03. The highest BCUT2D eigenvalue weighted by Crippen LogP contribution is 1.97. The zero-order chi connectivity index (χ0) is 11.0. The van der Waals surface area contributed by atoms with E-state index < -0.39 is 0 Å². The van der Waals surface area contributed by atoms with Gasteiger partial charge in [-0.1, -0.05) is 18.2 Å². The molecule has 3 heteroatoms. The molecule has 0 aromatic heterocycles. The molecule has 0 amide bonds. The van der Waals surface area contributed by atoms with Crippen LogP contribution in [0.4, 0.5) is 0 Å². The van der Waals surface area contributed by atoms with Crippen LogP contribution in [0.15, 0.2) is 35.5 Å². The third-order valence-electron chi connectivity index (χ3n) is 1.45. The molecule has 0 heterocycles. The molecule has 76 valence electrons. The Morgan fingerprint density at radius 3 is 2.36 bits per heavy atom. The van der Waals surface area contributed by atoms with Gasteiger partial charge in [0.15, 0.2) is 0 Å². The fourth-order valence-corrected chi connectivity index (χ4v) is 0.684. The first kappa shape index (κ1) is 12.4. The fourth-order valence-electron chi connectivity index (χ4n) is 0.684. The van der Waals surface area contributed by atoms with Crippen molar-refractivity contribution in [1.29, 1.82) is 0 Å². The Bertz CT molecular complexity index is 296. The van der Waals surface area contributed by atoms with E-state index in [1.165, 1.54) is 13.2 Å². The number of hydrogen-bond acceptors (Lipinski definition) is 3. The van der Waals surface area contributed by atoms with E-state index in [9.17, 15) is 9.59 Å². The van der Waals surface area contributed by atoms with Crippen LogP contribution < -0.4 is 0 Å². The van der Waals surface area contributed by atoms with Gasteiger partial charge in [-0.25, -0.2) is 4.79 Å². The summed E-state index contributed by atoms with van der Waals surface area (Å²) in [6, 6.07) is 0. The highest BCUT2D eigenvalue weighted by molar-refractivity contribution is 5.83. The SMILES string of the molecule is COC(=O)/C=C(C)/C=C/C=C(\C)C=O. The molecule has 0 radical (unpaired) electrons. The van der Waals surface area contributed by atoms with Crippen LogP contribution in [-0.4, -0.2) is 19.4 Å². The maximum absolute atomic E-state index is 10.8. The summed E-state index contributed by atoms with van der Waals surface area (Å²) in [4.78, 5) is 21.0. The van der Waals surface area contributed by atoms with E-state index >= 15 is 0 Å². The van der Waals surface area contributed by atoms with Gasteiger partial charge in [0, 0.05) is 6.08 Å². The maximum atomic E-state index is 10.8. The predicted octanol–water partition coefficient (Wildman–Crippen LogP) is 1.81. The molecule has 0 aromatic rings. The number of rotatable bonds is 4. The van der Waals surface area contributed by atoms with Gasteiger partial charge in [-0.3, -0.25) is 4.79 Å². The lowest BCUT2D eigenvalue weighted by Gasteiger charge is -1.91. The van der Waals surface area contributed by atoms with E-state index in [0.717, 1.165) is 11.9 Å². The fraction of sp³-hybridized carbons (Fsp3) is 0.273. The minimum atomic E-state index is -0.386. The van der Waals surface area contributed by atoms with Gasteiger partial charge in [0.2, 0.25) is 0 Å². The van der Waals surface area contributed by atoms with Crippen molar-refractivity contribution in [1.82, 2.24) is 0 Å². The highest BCUT2D eigenvalue weighted by Gasteiger charge is 1.91. The summed E-state index contributed by atoms with van der Waals surface area (Å²) in [5.41, 5.74) is 1.40. The summed E-state index contributed by atoms with van der Waals surface area (Å²) in [6.45, 7) is 3.48. The number of allylic oxidation sites excluding steroid dienone is 5. The molecule has 0 aliphatic heterocycles. The molecular formula is C11H14O3. The van der Waals surface area contributed by atoms with E-state index in [-0.39, 0.29) is 5.97 Å². The van der Waals surface area contributed by atoms with Crippen LogP contribution in [0.1, 0.15) is 13.8 Å². The number of methoxy groups -OCH3 is 1. The topological polar surface area (TPSA) is 43.4 Å². The van der Waals surface area contributed by atoms with Crippen molar-refractivity contribution >= 4 is 12.3 Å². The minimum absolute atomic E-state index is 0.386. The first-order chi connectivity index (χ1) is 6.60. The van der Waals surface area contributed by atoms with Crippen molar-refractivity contribution in [2.45, 2.75) is 13.8 Å². The van der Waals surface area contributed by atoms with Gasteiger partial charge >= 0.3 is 5.97 Å². The van der Waals surface area contributed by atoms with Crippen LogP contribution in [0.5, 0.6) is 0 Å². The molecule has 0 aliphatic carbocycles. The molecule has 0 bridgehead atoms. The Labute approximate surface area is 83.8 Å².